The molecule has 0 heterocycles. The molecule has 0 unspecified atom stereocenters. The molecule has 10 nitrogen and oxygen atoms in total. The average molecular weight is 688 g/mol. The van der Waals surface area contributed by atoms with E-state index in [1.165, 1.54) is 37.3 Å². The van der Waals surface area contributed by atoms with Crippen LogP contribution in [0.3, 0.4) is 0 Å². The van der Waals surface area contributed by atoms with Gasteiger partial charge in [-0.3, -0.25) is 13.9 Å². The van der Waals surface area contributed by atoms with Gasteiger partial charge in [-0.05, 0) is 75.2 Å². The van der Waals surface area contributed by atoms with Gasteiger partial charge in [0.25, 0.3) is 10.0 Å². The van der Waals surface area contributed by atoms with Crippen LogP contribution in [0.15, 0.2) is 102 Å². The number of aryl methyl sites for hydroxylation is 1. The summed E-state index contributed by atoms with van der Waals surface area (Å²) in [5.74, 6) is 0.311. The molecule has 0 aliphatic rings. The van der Waals surface area contributed by atoms with Crippen molar-refractivity contribution in [3.63, 3.8) is 0 Å². The number of nitrogens with one attached hydrogen (secondary N) is 1. The smallest absolute Gasteiger partial charge is 0.264 e. The molecule has 4 rings (SSSR count). The van der Waals surface area contributed by atoms with E-state index in [9.17, 15) is 18.0 Å². The van der Waals surface area contributed by atoms with Crippen LogP contribution >= 0.6 is 0 Å². The Balaban J connectivity index is 1.87. The minimum Gasteiger partial charge on any atom is -0.497 e. The number of amides is 2. The first-order valence-electron chi connectivity index (χ1n) is 15.9. The van der Waals surface area contributed by atoms with Crippen LogP contribution in [0, 0.1) is 6.92 Å². The summed E-state index contributed by atoms with van der Waals surface area (Å²) in [4.78, 5) is 30.3. The van der Waals surface area contributed by atoms with Crippen molar-refractivity contribution in [3.05, 3.63) is 114 Å². The zero-order chi connectivity index (χ0) is 35.8. The van der Waals surface area contributed by atoms with Gasteiger partial charge in [-0.25, -0.2) is 8.42 Å². The molecule has 0 aliphatic heterocycles. The molecule has 0 bridgehead atoms. The predicted octanol–water partition coefficient (Wildman–Crippen LogP) is 5.77. The molecule has 11 heteroatoms. The zero-order valence-electron chi connectivity index (χ0n) is 29.1. The molecular weight excluding hydrogens is 642 g/mol. The van der Waals surface area contributed by atoms with Gasteiger partial charge in [0.2, 0.25) is 11.8 Å². The van der Waals surface area contributed by atoms with Crippen LogP contribution in [-0.4, -0.2) is 64.6 Å². The Morgan fingerprint density at radius 1 is 0.776 bits per heavy atom. The van der Waals surface area contributed by atoms with E-state index >= 15 is 0 Å². The molecule has 49 heavy (non-hydrogen) atoms. The summed E-state index contributed by atoms with van der Waals surface area (Å²) < 4.78 is 46.1. The van der Waals surface area contributed by atoms with E-state index in [2.05, 4.69) is 5.32 Å². The van der Waals surface area contributed by atoms with Crippen LogP contribution in [-0.2, 0) is 32.6 Å². The summed E-state index contributed by atoms with van der Waals surface area (Å²) in [5, 5.41) is 3.04. The molecule has 4 aromatic carbocycles. The lowest BCUT2D eigenvalue weighted by atomic mass is 10.0. The fraction of sp³-hybridized carbons (Fsp3) is 0.316. The van der Waals surface area contributed by atoms with Gasteiger partial charge in [0.15, 0.2) is 11.5 Å². The lowest BCUT2D eigenvalue weighted by Gasteiger charge is -2.35. The third kappa shape index (κ3) is 9.54. The number of carbonyl (C=O) groups excluding carboxylic acids is 2. The Morgan fingerprint density at radius 2 is 1.43 bits per heavy atom. The minimum atomic E-state index is -4.29. The first-order valence-corrected chi connectivity index (χ1v) is 17.3. The van der Waals surface area contributed by atoms with Gasteiger partial charge in [0.1, 0.15) is 18.3 Å². The first kappa shape index (κ1) is 36.8. The van der Waals surface area contributed by atoms with Gasteiger partial charge in [-0.15, -0.1) is 0 Å². The van der Waals surface area contributed by atoms with Crippen LogP contribution < -0.4 is 23.8 Å². The van der Waals surface area contributed by atoms with Crippen LogP contribution in [0.2, 0.25) is 0 Å². The van der Waals surface area contributed by atoms with Crippen molar-refractivity contribution >= 4 is 27.5 Å². The maximum absolute atomic E-state index is 14.7. The van der Waals surface area contributed by atoms with E-state index in [4.69, 9.17) is 14.2 Å². The molecular formula is C38H45N3O7S. The van der Waals surface area contributed by atoms with E-state index in [0.717, 1.165) is 15.4 Å². The van der Waals surface area contributed by atoms with Crippen molar-refractivity contribution < 1.29 is 32.2 Å². The molecule has 0 saturated carbocycles. The SMILES string of the molecule is COc1cccc(CN(C(=O)CN(c2ccc(OC)c(OC)c2)S(=O)(=O)c2ccc(C)cc2)[C@H](Cc2ccccc2)C(=O)NC(C)(C)C)c1. The van der Waals surface area contributed by atoms with E-state index in [-0.39, 0.29) is 35.2 Å². The number of rotatable bonds is 14. The Hall–Kier alpha value is -5.03. The number of anilines is 1. The highest BCUT2D eigenvalue weighted by molar-refractivity contribution is 7.92. The summed E-state index contributed by atoms with van der Waals surface area (Å²) in [6.07, 6.45) is 0.194. The van der Waals surface area contributed by atoms with E-state index in [1.807, 2.05) is 64.1 Å². The third-order valence-electron chi connectivity index (χ3n) is 7.80. The van der Waals surface area contributed by atoms with Crippen LogP contribution in [0.5, 0.6) is 17.2 Å². The van der Waals surface area contributed by atoms with Crippen molar-refractivity contribution in [3.8, 4) is 17.2 Å². The van der Waals surface area contributed by atoms with E-state index < -0.39 is 34.1 Å². The van der Waals surface area contributed by atoms with Gasteiger partial charge in [0, 0.05) is 24.6 Å². The van der Waals surface area contributed by atoms with Crippen LogP contribution in [0.25, 0.3) is 0 Å². The van der Waals surface area contributed by atoms with E-state index in [1.54, 1.807) is 49.6 Å². The Morgan fingerprint density at radius 3 is 2.04 bits per heavy atom. The Labute approximate surface area is 289 Å². The summed E-state index contributed by atoms with van der Waals surface area (Å²) in [5.41, 5.74) is 2.01. The molecule has 4 aromatic rings. The molecule has 0 aromatic heterocycles. The highest BCUT2D eigenvalue weighted by atomic mass is 32.2. The molecule has 0 fully saturated rings. The molecule has 0 spiro atoms. The second-order valence-corrected chi connectivity index (χ2v) is 14.5. The fourth-order valence-electron chi connectivity index (χ4n) is 5.32. The standard InChI is InChI=1S/C38H45N3O7S/c1-27-16-19-32(20-17-27)49(44,45)41(30-18-21-34(47-6)35(24-30)48-7)26-36(42)40(25-29-14-11-15-31(22-29)46-5)33(37(43)39-38(2,3)4)23-28-12-9-8-10-13-28/h8-22,24,33H,23,25-26H2,1-7H3,(H,39,43)/t33-/m1/s1. The van der Waals surface area contributed by atoms with Crippen molar-refractivity contribution in [2.24, 2.45) is 0 Å². The minimum absolute atomic E-state index is 0.00587. The van der Waals surface area contributed by atoms with Gasteiger partial charge < -0.3 is 24.4 Å². The highest BCUT2D eigenvalue weighted by Gasteiger charge is 2.36. The normalized spacial score (nSPS) is 12.1. The topological polar surface area (TPSA) is 114 Å². The number of hydrogen-bond donors (Lipinski definition) is 1. The number of ether oxygens (including phenoxy) is 3. The van der Waals surface area contributed by atoms with Crippen molar-refractivity contribution in [2.75, 3.05) is 32.2 Å². The predicted molar refractivity (Wildman–Crippen MR) is 191 cm³/mol. The van der Waals surface area contributed by atoms with E-state index in [0.29, 0.717) is 17.1 Å². The van der Waals surface area contributed by atoms with Crippen molar-refractivity contribution in [2.45, 2.75) is 57.1 Å². The maximum atomic E-state index is 14.7. The Kier molecular flexibility index (Phi) is 12.0. The molecule has 2 amide bonds. The molecule has 0 saturated heterocycles. The number of sulfonamides is 1. The van der Waals surface area contributed by atoms with Crippen LogP contribution in [0.4, 0.5) is 5.69 Å². The summed E-state index contributed by atoms with van der Waals surface area (Å²) in [6.45, 7) is 6.86. The monoisotopic (exact) mass is 687 g/mol. The van der Waals surface area contributed by atoms with Gasteiger partial charge in [-0.1, -0.05) is 60.2 Å². The fourth-order valence-corrected chi connectivity index (χ4v) is 6.73. The number of benzene rings is 4. The molecule has 0 radical (unpaired) electrons. The number of carbonyl (C=O) groups is 2. The van der Waals surface area contributed by atoms with Crippen molar-refractivity contribution in [1.29, 1.82) is 0 Å². The first-order chi connectivity index (χ1) is 23.2. The second-order valence-electron chi connectivity index (χ2n) is 12.7. The third-order valence-corrected chi connectivity index (χ3v) is 9.59. The van der Waals surface area contributed by atoms with Gasteiger partial charge in [0.05, 0.1) is 31.9 Å². The zero-order valence-corrected chi connectivity index (χ0v) is 29.9. The summed E-state index contributed by atoms with van der Waals surface area (Å²) >= 11 is 0. The lowest BCUT2D eigenvalue weighted by Crippen LogP contribution is -2.56. The molecule has 1 atom stereocenters. The summed E-state index contributed by atoms with van der Waals surface area (Å²) in [6, 6.07) is 26.7. The highest BCUT2D eigenvalue weighted by Crippen LogP contribution is 2.34. The second kappa shape index (κ2) is 15.9. The molecule has 0 aliphatic carbocycles. The Bertz CT molecular complexity index is 1840. The number of nitrogens with zero attached hydrogens (tertiary/aromatic N) is 2. The molecule has 1 N–H and O–H groups in total. The van der Waals surface area contributed by atoms with Gasteiger partial charge in [-0.2, -0.15) is 0 Å². The number of hydrogen-bond acceptors (Lipinski definition) is 7. The summed E-state index contributed by atoms with van der Waals surface area (Å²) in [7, 11) is 0.185. The maximum Gasteiger partial charge on any atom is 0.264 e. The average Bonchev–Trinajstić information content (AvgIpc) is 3.08. The largest absolute Gasteiger partial charge is 0.497 e. The quantitative estimate of drug-likeness (QED) is 0.179. The molecule has 260 valence electrons. The lowest BCUT2D eigenvalue weighted by molar-refractivity contribution is -0.140. The van der Waals surface area contributed by atoms with Gasteiger partial charge >= 0.3 is 0 Å². The number of methoxy groups -OCH3 is 3. The van der Waals surface area contributed by atoms with Crippen LogP contribution in [0.1, 0.15) is 37.5 Å². The van der Waals surface area contributed by atoms with Crippen molar-refractivity contribution in [1.82, 2.24) is 10.2 Å².